The molecule has 0 radical (unpaired) electrons. The van der Waals surface area contributed by atoms with E-state index in [1.54, 1.807) is 0 Å². The predicted molar refractivity (Wildman–Crippen MR) is 57.4 cm³/mol. The lowest BCUT2D eigenvalue weighted by Gasteiger charge is -2.11. The summed E-state index contributed by atoms with van der Waals surface area (Å²) in [4.78, 5) is 31.4. The zero-order valence-electron chi connectivity index (χ0n) is 8.94. The molecule has 4 N–H and O–H groups in total. The van der Waals surface area contributed by atoms with Crippen LogP contribution in [0, 0.1) is 0 Å². The summed E-state index contributed by atoms with van der Waals surface area (Å²) >= 11 is 0. The summed E-state index contributed by atoms with van der Waals surface area (Å²) in [6.45, 7) is -0.645. The Bertz CT molecular complexity index is 465. The molecule has 0 spiro atoms. The Labute approximate surface area is 102 Å². The Kier molecular flexibility index (Phi) is 5.99. The fraction of sp³-hybridized carbons (Fsp3) is 0.375. The first-order valence-electron chi connectivity index (χ1n) is 4.50. The molecule has 0 saturated carbocycles. The molecular weight excluding hydrogens is 270 g/mol. The highest BCUT2D eigenvalue weighted by atomic mass is 32.2. The molecule has 0 aromatic heterocycles. The minimum Gasteiger partial charge on any atom is -0.481 e. The van der Waals surface area contributed by atoms with E-state index in [4.69, 9.17) is 14.8 Å². The van der Waals surface area contributed by atoms with Gasteiger partial charge >= 0.3 is 11.9 Å². The van der Waals surface area contributed by atoms with E-state index in [2.05, 4.69) is 0 Å². The highest BCUT2D eigenvalue weighted by Gasteiger charge is 2.26. The SMILES string of the molecule is O=C(O)C=CC(=O)NCC(CC(=O)O)S(=O)(=O)O. The van der Waals surface area contributed by atoms with Crippen LogP contribution in [0.5, 0.6) is 0 Å². The predicted octanol–water partition coefficient (Wildman–Crippen LogP) is -1.53. The molecule has 1 amide bonds. The third-order valence-electron chi connectivity index (χ3n) is 1.70. The van der Waals surface area contributed by atoms with Crippen molar-refractivity contribution < 1.29 is 37.6 Å². The average Bonchev–Trinajstić information content (AvgIpc) is 2.19. The van der Waals surface area contributed by atoms with Crippen molar-refractivity contribution in [3.05, 3.63) is 12.2 Å². The van der Waals surface area contributed by atoms with Crippen molar-refractivity contribution in [2.24, 2.45) is 0 Å². The van der Waals surface area contributed by atoms with Gasteiger partial charge in [-0.3, -0.25) is 14.1 Å². The summed E-state index contributed by atoms with van der Waals surface area (Å²) in [5.41, 5.74) is 0. The minimum atomic E-state index is -4.62. The maximum atomic E-state index is 11.0. The molecule has 18 heavy (non-hydrogen) atoms. The van der Waals surface area contributed by atoms with Gasteiger partial charge in [-0.2, -0.15) is 8.42 Å². The van der Waals surface area contributed by atoms with Gasteiger partial charge in [0.05, 0.1) is 6.42 Å². The van der Waals surface area contributed by atoms with E-state index in [0.717, 1.165) is 0 Å². The molecule has 0 heterocycles. The van der Waals surface area contributed by atoms with Gasteiger partial charge in [-0.05, 0) is 0 Å². The molecule has 0 aliphatic rings. The highest BCUT2D eigenvalue weighted by molar-refractivity contribution is 7.86. The molecule has 0 bridgehead atoms. The first-order valence-corrected chi connectivity index (χ1v) is 6.00. The van der Waals surface area contributed by atoms with E-state index in [-0.39, 0.29) is 0 Å². The van der Waals surface area contributed by atoms with Crippen molar-refractivity contribution in [1.82, 2.24) is 5.32 Å². The maximum Gasteiger partial charge on any atom is 0.328 e. The van der Waals surface area contributed by atoms with Gasteiger partial charge in [0.15, 0.2) is 0 Å². The Morgan fingerprint density at radius 3 is 2.11 bits per heavy atom. The van der Waals surface area contributed by atoms with Gasteiger partial charge < -0.3 is 15.5 Å². The normalized spacial score (nSPS) is 13.2. The lowest BCUT2D eigenvalue weighted by atomic mass is 10.3. The lowest BCUT2D eigenvalue weighted by molar-refractivity contribution is -0.137. The van der Waals surface area contributed by atoms with E-state index < -0.39 is 46.2 Å². The maximum absolute atomic E-state index is 11.0. The third kappa shape index (κ3) is 7.35. The van der Waals surface area contributed by atoms with Gasteiger partial charge in [0.1, 0.15) is 5.25 Å². The number of carboxylic acid groups (broad SMARTS) is 2. The number of carboxylic acids is 2. The monoisotopic (exact) mass is 281 g/mol. The zero-order valence-corrected chi connectivity index (χ0v) is 9.75. The summed E-state index contributed by atoms with van der Waals surface area (Å²) in [6, 6.07) is 0. The second-order valence-corrected chi connectivity index (χ2v) is 4.85. The lowest BCUT2D eigenvalue weighted by Crippen LogP contribution is -2.37. The Morgan fingerprint density at radius 2 is 1.72 bits per heavy atom. The molecule has 9 nitrogen and oxygen atoms in total. The number of nitrogens with one attached hydrogen (secondary N) is 1. The average molecular weight is 281 g/mol. The Hall–Kier alpha value is -1.94. The van der Waals surface area contributed by atoms with E-state index in [1.165, 1.54) is 0 Å². The third-order valence-corrected chi connectivity index (χ3v) is 2.88. The summed E-state index contributed by atoms with van der Waals surface area (Å²) in [5, 5.41) is 16.9. The highest BCUT2D eigenvalue weighted by Crippen LogP contribution is 2.03. The smallest absolute Gasteiger partial charge is 0.328 e. The van der Waals surface area contributed by atoms with Gasteiger partial charge in [0.25, 0.3) is 10.1 Å². The van der Waals surface area contributed by atoms with E-state index in [1.807, 2.05) is 5.32 Å². The van der Waals surface area contributed by atoms with Gasteiger partial charge in [-0.1, -0.05) is 0 Å². The van der Waals surface area contributed by atoms with Gasteiger partial charge in [0.2, 0.25) is 5.91 Å². The molecule has 102 valence electrons. The van der Waals surface area contributed by atoms with Crippen molar-refractivity contribution >= 4 is 28.0 Å². The fourth-order valence-corrected chi connectivity index (χ4v) is 1.55. The fourth-order valence-electron chi connectivity index (χ4n) is 0.898. The Balaban J connectivity index is 4.50. The second kappa shape index (κ2) is 6.71. The van der Waals surface area contributed by atoms with Crippen LogP contribution in [-0.2, 0) is 24.5 Å². The van der Waals surface area contributed by atoms with Crippen LogP contribution in [-0.4, -0.2) is 52.8 Å². The molecule has 1 atom stereocenters. The van der Waals surface area contributed by atoms with E-state index in [0.29, 0.717) is 12.2 Å². The number of hydrogen-bond acceptors (Lipinski definition) is 5. The number of aliphatic carboxylic acids is 2. The van der Waals surface area contributed by atoms with Crippen molar-refractivity contribution in [1.29, 1.82) is 0 Å². The van der Waals surface area contributed by atoms with Crippen LogP contribution in [0.2, 0.25) is 0 Å². The molecule has 0 aliphatic carbocycles. The van der Waals surface area contributed by atoms with Crippen molar-refractivity contribution in [3.8, 4) is 0 Å². The standard InChI is InChI=1S/C8H11NO8S/c10-6(1-2-7(11)12)9-4-5(3-8(13)14)18(15,16)17/h1-2,5H,3-4H2,(H,9,10)(H,11,12)(H,13,14)(H,15,16,17). The first kappa shape index (κ1) is 16.1. The van der Waals surface area contributed by atoms with Crippen LogP contribution in [0.25, 0.3) is 0 Å². The van der Waals surface area contributed by atoms with Crippen molar-refractivity contribution in [2.75, 3.05) is 6.54 Å². The molecule has 0 aromatic carbocycles. The number of rotatable bonds is 7. The summed E-state index contributed by atoms with van der Waals surface area (Å²) < 4.78 is 30.3. The summed E-state index contributed by atoms with van der Waals surface area (Å²) in [6.07, 6.45) is 0.265. The van der Waals surface area contributed by atoms with Crippen LogP contribution < -0.4 is 5.32 Å². The molecule has 1 unspecified atom stereocenters. The van der Waals surface area contributed by atoms with Crippen molar-refractivity contribution in [3.63, 3.8) is 0 Å². The number of carbonyl (C=O) groups excluding carboxylic acids is 1. The largest absolute Gasteiger partial charge is 0.481 e. The van der Waals surface area contributed by atoms with Crippen LogP contribution in [0.4, 0.5) is 0 Å². The van der Waals surface area contributed by atoms with E-state index >= 15 is 0 Å². The quantitative estimate of drug-likeness (QED) is 0.323. The Morgan fingerprint density at radius 1 is 1.17 bits per heavy atom. The van der Waals surface area contributed by atoms with E-state index in [9.17, 15) is 22.8 Å². The zero-order chi connectivity index (χ0) is 14.3. The molecule has 0 fully saturated rings. The van der Waals surface area contributed by atoms with Crippen molar-refractivity contribution in [2.45, 2.75) is 11.7 Å². The molecule has 0 saturated heterocycles. The number of hydrogen-bond donors (Lipinski definition) is 4. The summed E-state index contributed by atoms with van der Waals surface area (Å²) in [7, 11) is -4.62. The van der Waals surface area contributed by atoms with Crippen LogP contribution in [0.3, 0.4) is 0 Å². The molecule has 0 aliphatic heterocycles. The molecule has 0 aromatic rings. The van der Waals surface area contributed by atoms with Crippen LogP contribution >= 0.6 is 0 Å². The van der Waals surface area contributed by atoms with Gasteiger partial charge in [0, 0.05) is 18.7 Å². The second-order valence-electron chi connectivity index (χ2n) is 3.15. The van der Waals surface area contributed by atoms with Gasteiger partial charge in [-0.15, -0.1) is 0 Å². The van der Waals surface area contributed by atoms with Crippen LogP contribution in [0.15, 0.2) is 12.2 Å². The topological polar surface area (TPSA) is 158 Å². The minimum absolute atomic E-state index is 0.523. The molecule has 10 heteroatoms. The first-order chi connectivity index (χ1) is 8.12. The summed E-state index contributed by atoms with van der Waals surface area (Å²) in [5.74, 6) is -3.76. The van der Waals surface area contributed by atoms with Gasteiger partial charge in [-0.25, -0.2) is 4.79 Å². The number of carbonyl (C=O) groups is 3. The van der Waals surface area contributed by atoms with Crippen LogP contribution in [0.1, 0.15) is 6.42 Å². The molecular formula is C8H11NO8S. The molecule has 0 rings (SSSR count). The number of amides is 1.